The van der Waals surface area contributed by atoms with Crippen LogP contribution in [0.4, 0.5) is 18.9 Å². The number of benzene rings is 1. The van der Waals surface area contributed by atoms with Crippen LogP contribution in [0.2, 0.25) is 5.02 Å². The molecule has 0 aliphatic carbocycles. The van der Waals surface area contributed by atoms with Crippen molar-refractivity contribution in [1.29, 1.82) is 0 Å². The number of carbonyl (C=O) groups is 1. The molecule has 110 valence electrons. The number of alkyl halides is 3. The Balaban J connectivity index is 2.29. The van der Waals surface area contributed by atoms with Crippen LogP contribution in [0.3, 0.4) is 0 Å². The van der Waals surface area contributed by atoms with Crippen molar-refractivity contribution >= 4 is 23.6 Å². The molecule has 1 aromatic carbocycles. The molecular formula is C13H14ClF3N2O. The van der Waals surface area contributed by atoms with Crippen LogP contribution in [0.5, 0.6) is 0 Å². The van der Waals surface area contributed by atoms with Crippen LogP contribution in [0.1, 0.15) is 12.5 Å². The van der Waals surface area contributed by atoms with Gasteiger partial charge in [-0.15, -0.1) is 0 Å². The summed E-state index contributed by atoms with van der Waals surface area (Å²) in [4.78, 5) is 12.8. The molecule has 1 heterocycles. The molecule has 7 heteroatoms. The molecular weight excluding hydrogens is 293 g/mol. The van der Waals surface area contributed by atoms with Crippen molar-refractivity contribution in [3.8, 4) is 0 Å². The van der Waals surface area contributed by atoms with E-state index in [-0.39, 0.29) is 17.1 Å². The number of piperazine rings is 1. The van der Waals surface area contributed by atoms with E-state index in [9.17, 15) is 18.0 Å². The second-order valence-electron chi connectivity index (χ2n) is 4.71. The first-order valence-electron chi connectivity index (χ1n) is 6.16. The summed E-state index contributed by atoms with van der Waals surface area (Å²) in [6.45, 7) is 3.04. The summed E-state index contributed by atoms with van der Waals surface area (Å²) in [6.07, 6.45) is -3.65. The summed E-state index contributed by atoms with van der Waals surface area (Å²) < 4.78 is 38.0. The number of nitrogens with zero attached hydrogens (tertiary/aromatic N) is 1. The Kier molecular flexibility index (Phi) is 4.25. The molecule has 20 heavy (non-hydrogen) atoms. The van der Waals surface area contributed by atoms with Gasteiger partial charge in [0.1, 0.15) is 6.29 Å². The molecule has 2 unspecified atom stereocenters. The summed E-state index contributed by atoms with van der Waals surface area (Å²) in [6, 6.07) is 3.17. The average molecular weight is 307 g/mol. The molecule has 1 aliphatic heterocycles. The highest BCUT2D eigenvalue weighted by Gasteiger charge is 2.34. The van der Waals surface area contributed by atoms with Gasteiger partial charge in [-0.25, -0.2) is 0 Å². The van der Waals surface area contributed by atoms with Gasteiger partial charge in [0.05, 0.1) is 16.6 Å². The quantitative estimate of drug-likeness (QED) is 0.853. The Hall–Kier alpha value is -1.27. The standard InChI is InChI=1S/C13H14ClF3N2O/c1-8-12(7-20)18-4-5-19(8)9-2-3-10(11(14)6-9)13(15,16)17/h2-3,6-8,12,18H,4-5H2,1H3. The number of anilines is 1. The summed E-state index contributed by atoms with van der Waals surface area (Å²) in [5.74, 6) is 0. The molecule has 0 spiro atoms. The van der Waals surface area contributed by atoms with Gasteiger partial charge in [0.2, 0.25) is 0 Å². The average Bonchev–Trinajstić information content (AvgIpc) is 2.37. The molecule has 0 bridgehead atoms. The minimum atomic E-state index is -4.46. The highest BCUT2D eigenvalue weighted by molar-refractivity contribution is 6.31. The lowest BCUT2D eigenvalue weighted by Crippen LogP contribution is -2.57. The molecule has 0 amide bonds. The third-order valence-corrected chi connectivity index (χ3v) is 3.79. The van der Waals surface area contributed by atoms with E-state index in [4.69, 9.17) is 11.6 Å². The van der Waals surface area contributed by atoms with Crippen molar-refractivity contribution < 1.29 is 18.0 Å². The molecule has 1 saturated heterocycles. The van der Waals surface area contributed by atoms with Crippen LogP contribution in [0.15, 0.2) is 18.2 Å². The zero-order valence-electron chi connectivity index (χ0n) is 10.7. The number of hydrogen-bond acceptors (Lipinski definition) is 3. The van der Waals surface area contributed by atoms with E-state index in [1.165, 1.54) is 12.1 Å². The molecule has 3 nitrogen and oxygen atoms in total. The second-order valence-corrected chi connectivity index (χ2v) is 5.12. The zero-order chi connectivity index (χ0) is 14.9. The van der Waals surface area contributed by atoms with Crippen LogP contribution in [-0.2, 0) is 11.0 Å². The first-order valence-corrected chi connectivity index (χ1v) is 6.54. The van der Waals surface area contributed by atoms with Crippen LogP contribution < -0.4 is 10.2 Å². The molecule has 1 aliphatic rings. The number of carbonyl (C=O) groups excluding carboxylic acids is 1. The minimum Gasteiger partial charge on any atom is -0.365 e. The van der Waals surface area contributed by atoms with Crippen molar-refractivity contribution in [2.24, 2.45) is 0 Å². The Bertz CT molecular complexity index is 507. The van der Waals surface area contributed by atoms with E-state index in [0.717, 1.165) is 12.4 Å². The lowest BCUT2D eigenvalue weighted by atomic mass is 10.0. The highest BCUT2D eigenvalue weighted by atomic mass is 35.5. The van der Waals surface area contributed by atoms with Gasteiger partial charge in [0, 0.05) is 24.8 Å². The molecule has 0 aromatic heterocycles. The summed E-state index contributed by atoms with van der Waals surface area (Å²) in [5.41, 5.74) is -0.263. The lowest BCUT2D eigenvalue weighted by Gasteiger charge is -2.39. The van der Waals surface area contributed by atoms with E-state index in [1.807, 2.05) is 11.8 Å². The predicted molar refractivity (Wildman–Crippen MR) is 71.1 cm³/mol. The maximum absolute atomic E-state index is 12.7. The summed E-state index contributed by atoms with van der Waals surface area (Å²) in [5, 5.41) is 2.72. The number of nitrogens with one attached hydrogen (secondary N) is 1. The molecule has 0 radical (unpaired) electrons. The lowest BCUT2D eigenvalue weighted by molar-refractivity contribution is -0.137. The maximum Gasteiger partial charge on any atom is 0.417 e. The minimum absolute atomic E-state index is 0.144. The van der Waals surface area contributed by atoms with Gasteiger partial charge >= 0.3 is 6.18 Å². The van der Waals surface area contributed by atoms with Gasteiger partial charge < -0.3 is 15.0 Å². The largest absolute Gasteiger partial charge is 0.417 e. The van der Waals surface area contributed by atoms with Crippen molar-refractivity contribution in [1.82, 2.24) is 5.32 Å². The van der Waals surface area contributed by atoms with Gasteiger partial charge in [-0.3, -0.25) is 0 Å². The van der Waals surface area contributed by atoms with E-state index >= 15 is 0 Å². The zero-order valence-corrected chi connectivity index (χ0v) is 11.5. The van der Waals surface area contributed by atoms with Crippen molar-refractivity contribution in [2.45, 2.75) is 25.2 Å². The van der Waals surface area contributed by atoms with E-state index in [2.05, 4.69) is 5.32 Å². The van der Waals surface area contributed by atoms with Crippen molar-refractivity contribution in [3.05, 3.63) is 28.8 Å². The maximum atomic E-state index is 12.7. The first kappa shape index (κ1) is 15.1. The normalized spacial score (nSPS) is 23.8. The number of hydrogen-bond donors (Lipinski definition) is 1. The summed E-state index contributed by atoms with van der Waals surface area (Å²) in [7, 11) is 0. The van der Waals surface area contributed by atoms with Crippen molar-refractivity contribution in [3.63, 3.8) is 0 Å². The monoisotopic (exact) mass is 306 g/mol. The first-order chi connectivity index (χ1) is 9.34. The van der Waals surface area contributed by atoms with E-state index in [1.54, 1.807) is 0 Å². The fourth-order valence-electron chi connectivity index (χ4n) is 2.36. The van der Waals surface area contributed by atoms with E-state index < -0.39 is 11.7 Å². The number of aldehydes is 1. The predicted octanol–water partition coefficient (Wildman–Crippen LogP) is 2.72. The van der Waals surface area contributed by atoms with Crippen molar-refractivity contribution in [2.75, 3.05) is 18.0 Å². The van der Waals surface area contributed by atoms with Gasteiger partial charge in [-0.05, 0) is 25.1 Å². The smallest absolute Gasteiger partial charge is 0.365 e. The fraction of sp³-hybridized carbons (Fsp3) is 0.462. The van der Waals surface area contributed by atoms with Crippen LogP contribution in [0, 0.1) is 0 Å². The molecule has 0 saturated carbocycles. The molecule has 1 aromatic rings. The SMILES string of the molecule is CC1C(C=O)NCCN1c1ccc(C(F)(F)F)c(Cl)c1. The summed E-state index contributed by atoms with van der Waals surface area (Å²) >= 11 is 5.72. The number of rotatable bonds is 2. The second kappa shape index (κ2) is 5.61. The Morgan fingerprint density at radius 3 is 2.70 bits per heavy atom. The third-order valence-electron chi connectivity index (χ3n) is 3.48. The van der Waals surface area contributed by atoms with Gasteiger partial charge in [-0.1, -0.05) is 11.6 Å². The highest BCUT2D eigenvalue weighted by Crippen LogP contribution is 2.37. The molecule has 1 fully saturated rings. The van der Waals surface area contributed by atoms with Crippen LogP contribution in [0.25, 0.3) is 0 Å². The Morgan fingerprint density at radius 1 is 1.45 bits per heavy atom. The Labute approximate surface area is 119 Å². The fourth-order valence-corrected chi connectivity index (χ4v) is 2.64. The molecule has 2 rings (SSSR count). The van der Waals surface area contributed by atoms with Crippen LogP contribution in [-0.4, -0.2) is 31.5 Å². The molecule has 2 atom stereocenters. The van der Waals surface area contributed by atoms with E-state index in [0.29, 0.717) is 18.8 Å². The van der Waals surface area contributed by atoms with Crippen LogP contribution >= 0.6 is 11.6 Å². The molecule has 1 N–H and O–H groups in total. The topological polar surface area (TPSA) is 32.3 Å². The van der Waals surface area contributed by atoms with Gasteiger partial charge in [0.25, 0.3) is 0 Å². The Morgan fingerprint density at radius 2 is 2.15 bits per heavy atom. The van der Waals surface area contributed by atoms with Gasteiger partial charge in [-0.2, -0.15) is 13.2 Å². The number of halogens is 4. The van der Waals surface area contributed by atoms with Gasteiger partial charge in [0.15, 0.2) is 0 Å². The third kappa shape index (κ3) is 2.91.